The summed E-state index contributed by atoms with van der Waals surface area (Å²) in [5, 5.41) is 3.48. The molecule has 6 nitrogen and oxygen atoms in total. The van der Waals surface area contributed by atoms with Crippen molar-refractivity contribution in [1.82, 2.24) is 5.01 Å². The molecule has 0 bridgehead atoms. The third-order valence-corrected chi connectivity index (χ3v) is 4.23. The van der Waals surface area contributed by atoms with Crippen molar-refractivity contribution in [2.45, 2.75) is 52.7 Å². The van der Waals surface area contributed by atoms with Crippen LogP contribution in [-0.4, -0.2) is 44.2 Å². The van der Waals surface area contributed by atoms with Crippen LogP contribution in [0.3, 0.4) is 0 Å². The van der Waals surface area contributed by atoms with Crippen LogP contribution in [0.5, 0.6) is 5.75 Å². The van der Waals surface area contributed by atoms with E-state index in [0.717, 1.165) is 29.8 Å². The zero-order valence-electron chi connectivity index (χ0n) is 16.9. The number of aliphatic imine (C=N–C) groups is 1. The Morgan fingerprint density at radius 3 is 2.67 bits per heavy atom. The lowest BCUT2D eigenvalue weighted by Crippen LogP contribution is -2.42. The van der Waals surface area contributed by atoms with Crippen molar-refractivity contribution in [3.8, 4) is 5.75 Å². The van der Waals surface area contributed by atoms with Gasteiger partial charge < -0.3 is 9.47 Å². The van der Waals surface area contributed by atoms with Crippen molar-refractivity contribution < 1.29 is 14.3 Å². The van der Waals surface area contributed by atoms with E-state index in [2.05, 4.69) is 11.9 Å². The molecule has 1 atom stereocenters. The minimum atomic E-state index is 0.0378. The Balaban J connectivity index is 2.40. The Labute approximate surface area is 163 Å². The van der Waals surface area contributed by atoms with E-state index < -0.39 is 0 Å². The Morgan fingerprint density at radius 2 is 2.07 bits per heavy atom. The highest BCUT2D eigenvalue weighted by Crippen LogP contribution is 2.32. The molecule has 0 aromatic heterocycles. The maximum atomic E-state index is 12.8. The molecule has 27 heavy (non-hydrogen) atoms. The molecule has 1 radical (unpaired) electrons. The summed E-state index contributed by atoms with van der Waals surface area (Å²) in [5.74, 6) is 3.14. The summed E-state index contributed by atoms with van der Waals surface area (Å²) in [6.07, 6.45) is 3.90. The van der Waals surface area contributed by atoms with Gasteiger partial charge in [-0.05, 0) is 31.9 Å². The summed E-state index contributed by atoms with van der Waals surface area (Å²) >= 11 is 0. The van der Waals surface area contributed by atoms with E-state index >= 15 is 0 Å². The topological polar surface area (TPSA) is 54.4 Å². The molecule has 0 N–H and O–H groups in total. The molecule has 1 heterocycles. The van der Waals surface area contributed by atoms with Crippen LogP contribution >= 0.6 is 0 Å². The Bertz CT molecular complexity index is 704. The van der Waals surface area contributed by atoms with Crippen LogP contribution in [0.15, 0.2) is 35.4 Å². The lowest BCUT2D eigenvalue weighted by atomic mass is 9.80. The van der Waals surface area contributed by atoms with Gasteiger partial charge in [0, 0.05) is 26.7 Å². The molecule has 1 aliphatic heterocycles. The van der Waals surface area contributed by atoms with Crippen molar-refractivity contribution in [1.29, 1.82) is 0 Å². The number of nitrogens with zero attached hydrogens (tertiary/aromatic N) is 3. The molecule has 1 unspecified atom stereocenters. The number of carbonyl (C=O) groups excluding carboxylic acids is 1. The summed E-state index contributed by atoms with van der Waals surface area (Å²) < 4.78 is 12.0. The summed E-state index contributed by atoms with van der Waals surface area (Å²) in [7, 11) is 5.53. The molecule has 0 saturated heterocycles. The summed E-state index contributed by atoms with van der Waals surface area (Å²) in [6.45, 7) is 6.37. The van der Waals surface area contributed by atoms with Gasteiger partial charge in [-0.2, -0.15) is 0 Å². The number of ether oxygens (including phenoxy) is 2. The van der Waals surface area contributed by atoms with Gasteiger partial charge >= 0.3 is 0 Å². The summed E-state index contributed by atoms with van der Waals surface area (Å²) in [6, 6.07) is 5.76. The highest BCUT2D eigenvalue weighted by Gasteiger charge is 2.24. The zero-order valence-corrected chi connectivity index (χ0v) is 16.9. The molecule has 2 rings (SSSR count). The van der Waals surface area contributed by atoms with Crippen LogP contribution < -0.4 is 9.75 Å². The Morgan fingerprint density at radius 1 is 1.30 bits per heavy atom. The minimum absolute atomic E-state index is 0.0378. The number of hydrogen-bond acceptors (Lipinski definition) is 5. The van der Waals surface area contributed by atoms with Crippen LogP contribution in [0.4, 0.5) is 5.69 Å². The standard InChI is InChI=1S/C20H29BN3O3/c1-6-9-19(25)24(23(4)5)17-10-8-11-18(27-15(3)7-2)16(17)14-26-20-21-12-13-22-20/h8,10-13,15H,6-7,9,14H2,1-5H3. The van der Waals surface area contributed by atoms with E-state index in [0.29, 0.717) is 12.2 Å². The Hall–Kier alpha value is -2.28. The molecule has 0 spiro atoms. The van der Waals surface area contributed by atoms with Crippen LogP contribution in [0.1, 0.15) is 45.6 Å². The maximum Gasteiger partial charge on any atom is 0.259 e. The molecule has 1 aromatic rings. The number of hydrazine groups is 1. The SMILES string of the molecule is CCCC(=O)N(c1cccc(OC(C)CC)c1COC1=NC=C[B]1)N(C)C. The molecule has 145 valence electrons. The maximum absolute atomic E-state index is 12.8. The van der Waals surface area contributed by atoms with Crippen molar-refractivity contribution in [2.24, 2.45) is 4.99 Å². The number of carbonyl (C=O) groups is 1. The first-order valence-electron chi connectivity index (χ1n) is 9.47. The van der Waals surface area contributed by atoms with E-state index in [1.54, 1.807) is 16.2 Å². The van der Waals surface area contributed by atoms with Crippen molar-refractivity contribution >= 4 is 24.7 Å². The molecule has 1 aliphatic rings. The molecule has 7 heteroatoms. The second-order valence-electron chi connectivity index (χ2n) is 6.66. The lowest BCUT2D eigenvalue weighted by molar-refractivity contribution is -0.121. The third kappa shape index (κ3) is 5.60. The molecule has 1 aromatic carbocycles. The largest absolute Gasteiger partial charge is 0.490 e. The normalized spacial score (nSPS) is 13.9. The van der Waals surface area contributed by atoms with E-state index in [1.807, 2.05) is 59.4 Å². The second-order valence-corrected chi connectivity index (χ2v) is 6.66. The minimum Gasteiger partial charge on any atom is -0.490 e. The fraction of sp³-hybridized carbons (Fsp3) is 0.500. The Kier molecular flexibility index (Phi) is 7.91. The van der Waals surface area contributed by atoms with Crippen LogP contribution in [-0.2, 0) is 16.1 Å². The molecule has 1 amide bonds. The van der Waals surface area contributed by atoms with Crippen molar-refractivity contribution in [3.05, 3.63) is 35.9 Å². The van der Waals surface area contributed by atoms with Gasteiger partial charge in [-0.3, -0.25) is 4.79 Å². The molecule has 0 fully saturated rings. The highest BCUT2D eigenvalue weighted by atomic mass is 16.5. The fourth-order valence-corrected chi connectivity index (χ4v) is 2.72. The lowest BCUT2D eigenvalue weighted by Gasteiger charge is -2.31. The van der Waals surface area contributed by atoms with Crippen LogP contribution in [0.25, 0.3) is 0 Å². The van der Waals surface area contributed by atoms with Crippen molar-refractivity contribution in [3.63, 3.8) is 0 Å². The number of rotatable bonds is 9. The van der Waals surface area contributed by atoms with Gasteiger partial charge in [0.1, 0.15) is 18.2 Å². The predicted octanol–water partition coefficient (Wildman–Crippen LogP) is 3.54. The number of benzene rings is 1. The average Bonchev–Trinajstić information content (AvgIpc) is 3.14. The van der Waals surface area contributed by atoms with E-state index in [-0.39, 0.29) is 18.6 Å². The first kappa shape index (κ1) is 21.0. The summed E-state index contributed by atoms with van der Waals surface area (Å²) in [4.78, 5) is 16.9. The van der Waals surface area contributed by atoms with Gasteiger partial charge in [0.2, 0.25) is 5.91 Å². The molecular weight excluding hydrogens is 341 g/mol. The smallest absolute Gasteiger partial charge is 0.259 e. The highest BCUT2D eigenvalue weighted by molar-refractivity contribution is 6.78. The van der Waals surface area contributed by atoms with Crippen LogP contribution in [0, 0.1) is 0 Å². The molecule has 0 saturated carbocycles. The number of anilines is 1. The first-order chi connectivity index (χ1) is 13.0. The van der Waals surface area contributed by atoms with Gasteiger partial charge in [0.05, 0.1) is 17.4 Å². The van der Waals surface area contributed by atoms with E-state index in [1.165, 1.54) is 0 Å². The van der Waals surface area contributed by atoms with Crippen molar-refractivity contribution in [2.75, 3.05) is 19.1 Å². The quantitative estimate of drug-likeness (QED) is 0.493. The molecule has 0 aliphatic carbocycles. The van der Waals surface area contributed by atoms with Gasteiger partial charge in [-0.1, -0.05) is 25.9 Å². The number of hydrogen-bond donors (Lipinski definition) is 0. The predicted molar refractivity (Wildman–Crippen MR) is 110 cm³/mol. The van der Waals surface area contributed by atoms with E-state index in [4.69, 9.17) is 9.47 Å². The second kappa shape index (κ2) is 10.2. The fourth-order valence-electron chi connectivity index (χ4n) is 2.72. The zero-order chi connectivity index (χ0) is 19.8. The van der Waals surface area contributed by atoms with Gasteiger partial charge in [0.25, 0.3) is 7.28 Å². The monoisotopic (exact) mass is 370 g/mol. The first-order valence-corrected chi connectivity index (χ1v) is 9.47. The average molecular weight is 370 g/mol. The molecular formula is C20H29BN3O3. The van der Waals surface area contributed by atoms with Gasteiger partial charge in [-0.15, -0.1) is 0 Å². The van der Waals surface area contributed by atoms with Gasteiger partial charge in [0.15, 0.2) is 0 Å². The summed E-state index contributed by atoms with van der Waals surface area (Å²) in [5.41, 5.74) is 1.60. The number of amides is 1. The van der Waals surface area contributed by atoms with Gasteiger partial charge in [-0.25, -0.2) is 15.0 Å². The van der Waals surface area contributed by atoms with E-state index in [9.17, 15) is 4.79 Å². The van der Waals surface area contributed by atoms with Crippen LogP contribution in [0.2, 0.25) is 0 Å². The third-order valence-electron chi connectivity index (χ3n) is 4.23.